The summed E-state index contributed by atoms with van der Waals surface area (Å²) in [6, 6.07) is 11.3. The summed E-state index contributed by atoms with van der Waals surface area (Å²) < 4.78 is 128. The summed E-state index contributed by atoms with van der Waals surface area (Å²) in [5.74, 6) is 0.279. The van der Waals surface area contributed by atoms with E-state index in [0.29, 0.717) is 12.8 Å². The maximum absolute atomic E-state index is 16.2. The van der Waals surface area contributed by atoms with Gasteiger partial charge in [-0.25, -0.2) is 25.6 Å². The van der Waals surface area contributed by atoms with Crippen LogP contribution in [0.4, 0.5) is 8.78 Å². The molecule has 2 heterocycles. The van der Waals surface area contributed by atoms with Crippen molar-refractivity contribution >= 4 is 42.4 Å². The van der Waals surface area contributed by atoms with Crippen LogP contribution in [0.1, 0.15) is 66.7 Å². The number of rotatable bonds is 15. The predicted molar refractivity (Wildman–Crippen MR) is 191 cm³/mol. The second-order valence-corrected chi connectivity index (χ2v) is 21.7. The van der Waals surface area contributed by atoms with Crippen LogP contribution >= 0.6 is 0 Å². The second kappa shape index (κ2) is 16.7. The molecule has 0 aliphatic carbocycles. The van der Waals surface area contributed by atoms with Gasteiger partial charge in [-0.1, -0.05) is 36.4 Å². The highest BCUT2D eigenvalue weighted by Gasteiger charge is 2.48. The summed E-state index contributed by atoms with van der Waals surface area (Å²) in [4.78, 5) is -0.457. The van der Waals surface area contributed by atoms with Gasteiger partial charge in [-0.2, -0.15) is 0 Å². The fraction of sp³-hybridized carbons (Fsp3) is 0.529. The van der Waals surface area contributed by atoms with Crippen molar-refractivity contribution in [1.29, 1.82) is 0 Å². The van der Waals surface area contributed by atoms with Crippen LogP contribution in [0, 0.1) is 0 Å². The van der Waals surface area contributed by atoms with Crippen molar-refractivity contribution < 1.29 is 44.2 Å². The number of nitrogens with one attached hydrogen (secondary N) is 2. The summed E-state index contributed by atoms with van der Waals surface area (Å²) in [6.45, 7) is 8.23. The van der Waals surface area contributed by atoms with E-state index in [9.17, 15) is 25.9 Å². The first-order valence-electron chi connectivity index (χ1n) is 16.2. The molecule has 0 bridgehead atoms. The smallest absolute Gasteiger partial charge is 0.228 e. The van der Waals surface area contributed by atoms with Gasteiger partial charge in [0.15, 0.2) is 0 Å². The Labute approximate surface area is 300 Å². The molecule has 2 aromatic carbocycles. The molecule has 0 spiro atoms. The first-order valence-corrected chi connectivity index (χ1v) is 21.6. The van der Waals surface area contributed by atoms with Crippen LogP contribution in [0.2, 0.25) is 0 Å². The van der Waals surface area contributed by atoms with Crippen LogP contribution in [-0.2, 0) is 51.9 Å². The summed E-state index contributed by atoms with van der Waals surface area (Å²) in [7, 11) is -9.04. The summed E-state index contributed by atoms with van der Waals surface area (Å²) in [5, 5.41) is 0. The van der Waals surface area contributed by atoms with Crippen molar-refractivity contribution in [3.8, 4) is 0 Å². The van der Waals surface area contributed by atoms with Crippen molar-refractivity contribution in [2.75, 3.05) is 0 Å². The molecule has 2 unspecified atom stereocenters. The average molecular weight is 777 g/mol. The first-order chi connectivity index (χ1) is 23.4. The van der Waals surface area contributed by atoms with E-state index < -0.39 is 87.2 Å². The van der Waals surface area contributed by atoms with E-state index in [0.717, 1.165) is 0 Å². The monoisotopic (exact) mass is 776 g/mol. The molecule has 16 heteroatoms. The van der Waals surface area contributed by atoms with Crippen LogP contribution in [0.25, 0.3) is 0 Å². The van der Waals surface area contributed by atoms with Crippen molar-refractivity contribution in [2.45, 2.75) is 121 Å². The maximum atomic E-state index is 16.2. The van der Waals surface area contributed by atoms with Crippen LogP contribution in [0.15, 0.2) is 94.6 Å². The number of hydrogen-bond acceptors (Lipinski definition) is 10. The Hall–Kier alpha value is -2.18. The number of alkyl halides is 2. The molecule has 10 nitrogen and oxygen atoms in total. The number of sulfone groups is 2. The lowest BCUT2D eigenvalue weighted by molar-refractivity contribution is 0.0471. The Kier molecular flexibility index (Phi) is 13.5. The van der Waals surface area contributed by atoms with Crippen molar-refractivity contribution in [3.05, 3.63) is 84.8 Å². The quantitative estimate of drug-likeness (QED) is 0.222. The molecule has 2 aromatic rings. The third-order valence-corrected chi connectivity index (χ3v) is 15.2. The lowest BCUT2D eigenvalue weighted by Gasteiger charge is -2.38. The third-order valence-electron chi connectivity index (χ3n) is 8.34. The molecule has 2 aliphatic heterocycles. The zero-order valence-corrected chi connectivity index (χ0v) is 31.9. The van der Waals surface area contributed by atoms with Gasteiger partial charge >= 0.3 is 0 Å². The van der Waals surface area contributed by atoms with Crippen molar-refractivity contribution in [3.63, 3.8) is 0 Å². The van der Waals surface area contributed by atoms with E-state index in [-0.39, 0.29) is 34.8 Å². The first kappa shape index (κ1) is 40.6. The molecule has 0 amide bonds. The van der Waals surface area contributed by atoms with E-state index in [4.69, 9.17) is 9.47 Å². The lowest BCUT2D eigenvalue weighted by atomic mass is 10.0. The standard InChI is InChI=1S/C34H46F2N2O8S4/c1-33(2,3)47(39)37-30(32(36)50(43,44)26-18-10-7-11-19-26)28-21-14-15-24(46-28)23-34(4,5)48(40)38-29(27-20-12-13-22-45-27)31(35)49(41,42)25-16-8-6-9-17-25/h6-11,13,15-19,22,27-32,37-38H,12,14,20-21,23H2,1-5H3/t27-,28-,29-,30-,31-,32+,47?,48?/m0/s1. The number of hydrogen-bond donors (Lipinski definition) is 2. The van der Waals surface area contributed by atoms with Gasteiger partial charge in [0, 0.05) is 22.7 Å². The van der Waals surface area contributed by atoms with Gasteiger partial charge in [0.25, 0.3) is 0 Å². The topological polar surface area (TPSA) is 157 Å². The minimum atomic E-state index is -4.53. The number of ether oxygens (including phenoxy) is 2. The van der Waals surface area contributed by atoms with E-state index in [1.54, 1.807) is 58.9 Å². The maximum Gasteiger partial charge on any atom is 0.228 e. The van der Waals surface area contributed by atoms with Gasteiger partial charge in [0.2, 0.25) is 30.7 Å². The van der Waals surface area contributed by atoms with Gasteiger partial charge in [0.05, 0.1) is 28.2 Å². The SMILES string of the molecule is CC(C)(C)[S+]([O-])N[C@@H]([C@@H]1CCC=C(CC(C)(C)[S+]([O-])N[C@@H]([C@@H]2CCC=CO2)[C@@H](F)S(=O)(=O)c2ccccc2)O1)[C@H](F)S(=O)(=O)c1ccccc1. The van der Waals surface area contributed by atoms with Gasteiger partial charge in [-0.05, 0) is 96.7 Å². The summed E-state index contributed by atoms with van der Waals surface area (Å²) >= 11 is -3.95. The van der Waals surface area contributed by atoms with Crippen LogP contribution in [0.5, 0.6) is 0 Å². The molecule has 0 radical (unpaired) electrons. The molecule has 0 aromatic heterocycles. The Morgan fingerprint density at radius 2 is 1.26 bits per heavy atom. The van der Waals surface area contributed by atoms with Gasteiger partial charge in [-0.15, -0.1) is 9.44 Å². The van der Waals surface area contributed by atoms with Crippen LogP contribution in [-0.4, -0.2) is 70.7 Å². The van der Waals surface area contributed by atoms with Crippen LogP contribution in [0.3, 0.4) is 0 Å². The zero-order chi connectivity index (χ0) is 36.9. The molecular weight excluding hydrogens is 731 g/mol. The molecule has 4 rings (SSSR count). The predicted octanol–water partition coefficient (Wildman–Crippen LogP) is 5.49. The molecule has 0 saturated carbocycles. The fourth-order valence-electron chi connectivity index (χ4n) is 5.43. The van der Waals surface area contributed by atoms with E-state index in [1.165, 1.54) is 54.8 Å². The van der Waals surface area contributed by atoms with Gasteiger partial charge < -0.3 is 18.6 Å². The highest BCUT2D eigenvalue weighted by atomic mass is 32.2. The van der Waals surface area contributed by atoms with Crippen molar-refractivity contribution in [1.82, 2.24) is 9.44 Å². The minimum absolute atomic E-state index is 0.0267. The molecule has 278 valence electrons. The zero-order valence-electron chi connectivity index (χ0n) is 28.7. The summed E-state index contributed by atoms with van der Waals surface area (Å²) in [5.41, 5.74) is -5.03. The molecule has 8 atom stereocenters. The lowest BCUT2D eigenvalue weighted by Crippen LogP contribution is -2.57. The van der Waals surface area contributed by atoms with Crippen molar-refractivity contribution in [2.24, 2.45) is 0 Å². The molecule has 0 fully saturated rings. The molecule has 50 heavy (non-hydrogen) atoms. The van der Waals surface area contributed by atoms with Crippen LogP contribution < -0.4 is 9.44 Å². The fourth-order valence-corrected chi connectivity index (χ4v) is 10.4. The molecular formula is C34H46F2N2O8S4. The average Bonchev–Trinajstić information content (AvgIpc) is 3.09. The number of allylic oxidation sites excluding steroid dienone is 3. The molecule has 2 aliphatic rings. The molecule has 2 N–H and O–H groups in total. The van der Waals surface area contributed by atoms with Gasteiger partial charge in [0.1, 0.15) is 33.8 Å². The highest BCUT2D eigenvalue weighted by Crippen LogP contribution is 2.35. The molecule has 0 saturated heterocycles. The minimum Gasteiger partial charge on any atom is -0.598 e. The second-order valence-electron chi connectivity index (χ2n) is 13.8. The third kappa shape index (κ3) is 9.82. The Morgan fingerprint density at radius 3 is 1.74 bits per heavy atom. The Morgan fingerprint density at radius 1 is 0.780 bits per heavy atom. The Bertz CT molecular complexity index is 1690. The van der Waals surface area contributed by atoms with Gasteiger partial charge in [-0.3, -0.25) is 0 Å². The normalized spacial score (nSPS) is 22.6. The van der Waals surface area contributed by atoms with E-state index in [2.05, 4.69) is 9.44 Å². The van der Waals surface area contributed by atoms with E-state index >= 15 is 8.78 Å². The summed E-state index contributed by atoms with van der Waals surface area (Å²) in [6.07, 6.45) is 4.11. The van der Waals surface area contributed by atoms with E-state index in [1.807, 2.05) is 0 Å². The number of halogens is 2. The number of benzene rings is 2. The largest absolute Gasteiger partial charge is 0.598 e. The Balaban J connectivity index is 1.55. The highest BCUT2D eigenvalue weighted by molar-refractivity contribution is 7.93.